The van der Waals surface area contributed by atoms with E-state index in [0.29, 0.717) is 26.1 Å². The molecule has 0 unspecified atom stereocenters. The van der Waals surface area contributed by atoms with E-state index in [4.69, 9.17) is 14.0 Å². The van der Waals surface area contributed by atoms with Crippen LogP contribution in [0.4, 0.5) is 4.79 Å². The highest BCUT2D eigenvalue weighted by atomic mass is 16.7. The Labute approximate surface area is 198 Å². The van der Waals surface area contributed by atoms with Crippen molar-refractivity contribution in [2.45, 2.75) is 91.1 Å². The van der Waals surface area contributed by atoms with Crippen LogP contribution in [0.2, 0.25) is 0 Å². The lowest BCUT2D eigenvalue weighted by Gasteiger charge is -2.47. The van der Waals surface area contributed by atoms with E-state index in [0.717, 1.165) is 11.0 Å². The zero-order chi connectivity index (χ0) is 24.8. The second-order valence-corrected chi connectivity index (χ2v) is 11.8. The van der Waals surface area contributed by atoms with E-state index in [-0.39, 0.29) is 23.2 Å². The molecule has 7 nitrogen and oxygen atoms in total. The van der Waals surface area contributed by atoms with Gasteiger partial charge in [0, 0.05) is 19.6 Å². The Balaban J connectivity index is 1.59. The maximum Gasteiger partial charge on any atom is 0.494 e. The molecule has 2 amide bonds. The van der Waals surface area contributed by atoms with Crippen molar-refractivity contribution >= 4 is 24.6 Å². The highest BCUT2D eigenvalue weighted by Gasteiger charge is 2.51. The van der Waals surface area contributed by atoms with Crippen LogP contribution >= 0.6 is 0 Å². The van der Waals surface area contributed by atoms with E-state index in [1.54, 1.807) is 4.90 Å². The van der Waals surface area contributed by atoms with Gasteiger partial charge in [-0.1, -0.05) is 24.3 Å². The summed E-state index contributed by atoms with van der Waals surface area (Å²) in [4.78, 5) is 29.2. The summed E-state index contributed by atoms with van der Waals surface area (Å²) in [6, 6.07) is 7.85. The fourth-order valence-corrected chi connectivity index (χ4v) is 4.08. The minimum absolute atomic E-state index is 0.0512. The summed E-state index contributed by atoms with van der Waals surface area (Å²) in [5, 5.41) is 0. The Morgan fingerprint density at radius 3 is 2.00 bits per heavy atom. The van der Waals surface area contributed by atoms with E-state index in [2.05, 4.69) is 0 Å². The molecular formula is C25H39BN2O5. The number of piperazine rings is 1. The van der Waals surface area contributed by atoms with Gasteiger partial charge in [-0.15, -0.1) is 0 Å². The molecule has 2 aliphatic heterocycles. The van der Waals surface area contributed by atoms with Gasteiger partial charge < -0.3 is 18.9 Å². The monoisotopic (exact) mass is 458 g/mol. The number of nitrogens with zero attached hydrogens (tertiary/aromatic N) is 2. The SMILES string of the molecule is CC(C)(C)OC(=O)N1CCN(C(=O)Cc2ccc(B3OC(C)(C)C(C)(C)O3)cc2)CC1(C)C. The second kappa shape index (κ2) is 8.62. The number of hydrogen-bond acceptors (Lipinski definition) is 5. The number of ether oxygens (including phenoxy) is 1. The molecule has 2 fully saturated rings. The summed E-state index contributed by atoms with van der Waals surface area (Å²) in [6.07, 6.45) is -0.0236. The molecule has 2 saturated heterocycles. The fraction of sp³-hybridized carbons (Fsp3) is 0.680. The van der Waals surface area contributed by atoms with Gasteiger partial charge in [0.2, 0.25) is 5.91 Å². The number of hydrogen-bond donors (Lipinski definition) is 0. The lowest BCUT2D eigenvalue weighted by Crippen LogP contribution is -2.62. The molecule has 33 heavy (non-hydrogen) atoms. The summed E-state index contributed by atoms with van der Waals surface area (Å²) in [5.74, 6) is 0.0512. The van der Waals surface area contributed by atoms with Gasteiger partial charge in [0.05, 0.1) is 23.2 Å². The Bertz CT molecular complexity index is 873. The highest BCUT2D eigenvalue weighted by Crippen LogP contribution is 2.36. The Morgan fingerprint density at radius 2 is 1.52 bits per heavy atom. The quantitative estimate of drug-likeness (QED) is 0.650. The lowest BCUT2D eigenvalue weighted by molar-refractivity contribution is -0.135. The van der Waals surface area contributed by atoms with Crippen LogP contribution in [-0.4, -0.2) is 70.9 Å². The van der Waals surface area contributed by atoms with Crippen molar-refractivity contribution in [2.24, 2.45) is 0 Å². The third-order valence-electron chi connectivity index (χ3n) is 6.73. The zero-order valence-corrected chi connectivity index (χ0v) is 21.7. The van der Waals surface area contributed by atoms with Crippen LogP contribution in [0.1, 0.15) is 67.9 Å². The summed E-state index contributed by atoms with van der Waals surface area (Å²) in [7, 11) is -0.415. The van der Waals surface area contributed by atoms with E-state index in [1.165, 1.54) is 0 Å². The normalized spacial score (nSPS) is 21.8. The van der Waals surface area contributed by atoms with Crippen molar-refractivity contribution in [3.8, 4) is 0 Å². The maximum atomic E-state index is 13.0. The lowest BCUT2D eigenvalue weighted by atomic mass is 9.79. The van der Waals surface area contributed by atoms with Gasteiger partial charge in [-0.2, -0.15) is 0 Å². The summed E-state index contributed by atoms with van der Waals surface area (Å²) < 4.78 is 17.8. The number of benzene rings is 1. The minimum Gasteiger partial charge on any atom is -0.444 e. The fourth-order valence-electron chi connectivity index (χ4n) is 4.08. The standard InChI is InChI=1S/C25H39BN2O5/c1-22(2,3)31-21(30)28-15-14-27(17-23(28,4)5)20(29)16-18-10-12-19(13-11-18)26-32-24(6,7)25(8,9)33-26/h10-13H,14-17H2,1-9H3. The molecular weight excluding hydrogens is 419 g/mol. The molecule has 2 aliphatic rings. The Kier molecular flexibility index (Phi) is 6.68. The van der Waals surface area contributed by atoms with Gasteiger partial charge >= 0.3 is 13.2 Å². The first-order chi connectivity index (χ1) is 15.0. The van der Waals surface area contributed by atoms with Crippen LogP contribution in [0.15, 0.2) is 24.3 Å². The predicted octanol–water partition coefficient (Wildman–Crippen LogP) is 3.39. The third kappa shape index (κ3) is 5.72. The molecule has 8 heteroatoms. The molecule has 0 aliphatic carbocycles. The van der Waals surface area contributed by atoms with Crippen molar-refractivity contribution < 1.29 is 23.6 Å². The van der Waals surface area contributed by atoms with Crippen molar-refractivity contribution in [2.75, 3.05) is 19.6 Å². The van der Waals surface area contributed by atoms with E-state index >= 15 is 0 Å². The van der Waals surface area contributed by atoms with Crippen molar-refractivity contribution in [3.05, 3.63) is 29.8 Å². The highest BCUT2D eigenvalue weighted by molar-refractivity contribution is 6.62. The molecule has 3 rings (SSSR count). The van der Waals surface area contributed by atoms with E-state index in [1.807, 2.05) is 91.5 Å². The molecule has 2 heterocycles. The summed E-state index contributed by atoms with van der Waals surface area (Å²) in [6.45, 7) is 19.0. The predicted molar refractivity (Wildman–Crippen MR) is 129 cm³/mol. The molecule has 0 atom stereocenters. The summed E-state index contributed by atoms with van der Waals surface area (Å²) in [5.41, 5.74) is 0.0502. The first-order valence-corrected chi connectivity index (χ1v) is 11.7. The van der Waals surface area contributed by atoms with Crippen molar-refractivity contribution in [1.82, 2.24) is 9.80 Å². The van der Waals surface area contributed by atoms with Crippen LogP contribution in [0.25, 0.3) is 0 Å². The number of rotatable bonds is 3. The molecule has 0 saturated carbocycles. The number of carbonyl (C=O) groups excluding carboxylic acids is 2. The van der Waals surface area contributed by atoms with Crippen molar-refractivity contribution in [3.63, 3.8) is 0 Å². The second-order valence-electron chi connectivity index (χ2n) is 11.8. The first-order valence-electron chi connectivity index (χ1n) is 11.7. The van der Waals surface area contributed by atoms with Gasteiger partial charge in [0.25, 0.3) is 0 Å². The van der Waals surface area contributed by atoms with Crippen LogP contribution < -0.4 is 5.46 Å². The number of carbonyl (C=O) groups is 2. The molecule has 0 spiro atoms. The largest absolute Gasteiger partial charge is 0.494 e. The minimum atomic E-state index is -0.549. The molecule has 1 aromatic carbocycles. The summed E-state index contributed by atoms with van der Waals surface area (Å²) >= 11 is 0. The molecule has 0 N–H and O–H groups in total. The van der Waals surface area contributed by atoms with Crippen LogP contribution in [-0.2, 0) is 25.3 Å². The molecule has 0 radical (unpaired) electrons. The zero-order valence-electron chi connectivity index (χ0n) is 21.7. The van der Waals surface area contributed by atoms with Crippen LogP contribution in [0, 0.1) is 0 Å². The van der Waals surface area contributed by atoms with Crippen molar-refractivity contribution in [1.29, 1.82) is 0 Å². The topological polar surface area (TPSA) is 68.3 Å². The van der Waals surface area contributed by atoms with Gasteiger partial charge in [-0.3, -0.25) is 9.69 Å². The van der Waals surface area contributed by atoms with Crippen LogP contribution in [0.3, 0.4) is 0 Å². The molecule has 1 aromatic rings. The van der Waals surface area contributed by atoms with Gasteiger partial charge in [-0.25, -0.2) is 4.79 Å². The Morgan fingerprint density at radius 1 is 0.970 bits per heavy atom. The first kappa shape index (κ1) is 25.6. The van der Waals surface area contributed by atoms with Gasteiger partial charge in [0.1, 0.15) is 5.60 Å². The smallest absolute Gasteiger partial charge is 0.444 e. The van der Waals surface area contributed by atoms with Crippen LogP contribution in [0.5, 0.6) is 0 Å². The maximum absolute atomic E-state index is 13.0. The Hall–Kier alpha value is -2.06. The molecule has 0 bridgehead atoms. The third-order valence-corrected chi connectivity index (χ3v) is 6.73. The average molecular weight is 458 g/mol. The average Bonchev–Trinajstić information content (AvgIpc) is 2.87. The van der Waals surface area contributed by atoms with Gasteiger partial charge in [-0.05, 0) is 73.3 Å². The molecule has 0 aromatic heterocycles. The van der Waals surface area contributed by atoms with Gasteiger partial charge in [0.15, 0.2) is 0 Å². The van der Waals surface area contributed by atoms with E-state index in [9.17, 15) is 9.59 Å². The number of amides is 2. The molecule has 182 valence electrons. The van der Waals surface area contributed by atoms with E-state index < -0.39 is 18.3 Å².